The van der Waals surface area contributed by atoms with E-state index in [1.807, 2.05) is 24.3 Å². The van der Waals surface area contributed by atoms with Crippen LogP contribution in [0, 0.1) is 10.1 Å². The van der Waals surface area contributed by atoms with Crippen molar-refractivity contribution in [3.05, 3.63) is 69.2 Å². The molecule has 0 aromatic heterocycles. The van der Waals surface area contributed by atoms with Crippen molar-refractivity contribution < 1.29 is 13.3 Å². The molecule has 0 spiro atoms. The van der Waals surface area contributed by atoms with Crippen molar-refractivity contribution in [2.24, 2.45) is 0 Å². The van der Waals surface area contributed by atoms with Gasteiger partial charge in [-0.2, -0.15) is 4.31 Å². The molecule has 0 saturated carbocycles. The SMILES string of the molecule is O=[N+]([O-])c1ccc(S(=O)(=O)N2CCCCC(c3ccc(Cl)cc3)C2)cc1. The molecule has 1 unspecified atom stereocenters. The largest absolute Gasteiger partial charge is 0.269 e. The highest BCUT2D eigenvalue weighted by atomic mass is 35.5. The highest BCUT2D eigenvalue weighted by molar-refractivity contribution is 7.89. The van der Waals surface area contributed by atoms with Crippen molar-refractivity contribution in [1.29, 1.82) is 0 Å². The van der Waals surface area contributed by atoms with Gasteiger partial charge in [0.05, 0.1) is 9.82 Å². The third kappa shape index (κ3) is 4.06. The van der Waals surface area contributed by atoms with Gasteiger partial charge in [0.2, 0.25) is 10.0 Å². The van der Waals surface area contributed by atoms with Gasteiger partial charge in [-0.1, -0.05) is 30.2 Å². The molecule has 6 nitrogen and oxygen atoms in total. The first-order chi connectivity index (χ1) is 12.4. The molecular formula is C18H19ClN2O4S. The summed E-state index contributed by atoms with van der Waals surface area (Å²) in [6.45, 7) is 0.838. The number of sulfonamides is 1. The Morgan fingerprint density at radius 1 is 1.04 bits per heavy atom. The molecule has 0 N–H and O–H groups in total. The Morgan fingerprint density at radius 2 is 1.69 bits per heavy atom. The molecule has 1 aliphatic rings. The van der Waals surface area contributed by atoms with E-state index in [0.29, 0.717) is 18.1 Å². The van der Waals surface area contributed by atoms with Crippen molar-refractivity contribution >= 4 is 27.3 Å². The van der Waals surface area contributed by atoms with Gasteiger partial charge in [0, 0.05) is 30.2 Å². The van der Waals surface area contributed by atoms with E-state index < -0.39 is 14.9 Å². The summed E-state index contributed by atoms with van der Waals surface area (Å²) in [4.78, 5) is 10.3. The van der Waals surface area contributed by atoms with E-state index in [4.69, 9.17) is 11.6 Å². The van der Waals surface area contributed by atoms with E-state index in [0.717, 1.165) is 24.8 Å². The maximum Gasteiger partial charge on any atom is 0.269 e. The van der Waals surface area contributed by atoms with Crippen LogP contribution in [-0.4, -0.2) is 30.7 Å². The highest BCUT2D eigenvalue weighted by Crippen LogP contribution is 2.30. The van der Waals surface area contributed by atoms with Crippen molar-refractivity contribution in [2.75, 3.05) is 13.1 Å². The summed E-state index contributed by atoms with van der Waals surface area (Å²) in [5, 5.41) is 11.4. The maximum atomic E-state index is 13.0. The average molecular weight is 395 g/mol. The van der Waals surface area contributed by atoms with Gasteiger partial charge in [0.25, 0.3) is 5.69 Å². The van der Waals surface area contributed by atoms with Crippen LogP contribution in [0.5, 0.6) is 0 Å². The lowest BCUT2D eigenvalue weighted by molar-refractivity contribution is -0.384. The zero-order chi connectivity index (χ0) is 18.7. The minimum atomic E-state index is -3.69. The molecule has 8 heteroatoms. The first-order valence-corrected chi connectivity index (χ1v) is 10.2. The fourth-order valence-corrected chi connectivity index (χ4v) is 4.87. The zero-order valence-electron chi connectivity index (χ0n) is 14.0. The molecular weight excluding hydrogens is 376 g/mol. The van der Waals surface area contributed by atoms with Crippen LogP contribution in [0.2, 0.25) is 5.02 Å². The van der Waals surface area contributed by atoms with Crippen molar-refractivity contribution in [3.8, 4) is 0 Å². The number of hydrogen-bond donors (Lipinski definition) is 0. The quantitative estimate of drug-likeness (QED) is 0.574. The third-order valence-corrected chi connectivity index (χ3v) is 6.79. The maximum absolute atomic E-state index is 13.0. The summed E-state index contributed by atoms with van der Waals surface area (Å²) in [7, 11) is -3.69. The first-order valence-electron chi connectivity index (χ1n) is 8.38. The normalized spacial score (nSPS) is 19.0. The Morgan fingerprint density at radius 3 is 2.31 bits per heavy atom. The zero-order valence-corrected chi connectivity index (χ0v) is 15.6. The third-order valence-electron chi connectivity index (χ3n) is 4.66. The van der Waals surface area contributed by atoms with Gasteiger partial charge in [0.15, 0.2) is 0 Å². The number of benzene rings is 2. The minimum absolute atomic E-state index is 0.0832. The lowest BCUT2D eigenvalue weighted by Crippen LogP contribution is -2.34. The van der Waals surface area contributed by atoms with Crippen LogP contribution in [0.1, 0.15) is 30.7 Å². The highest BCUT2D eigenvalue weighted by Gasteiger charge is 2.29. The molecule has 3 rings (SSSR count). The monoisotopic (exact) mass is 394 g/mol. The van der Waals surface area contributed by atoms with E-state index in [1.54, 1.807) is 0 Å². The van der Waals surface area contributed by atoms with Crippen LogP contribution in [0.4, 0.5) is 5.69 Å². The lowest BCUT2D eigenvalue weighted by Gasteiger charge is -2.24. The molecule has 1 fully saturated rings. The predicted octanol–water partition coefficient (Wildman–Crippen LogP) is 4.21. The van der Waals surface area contributed by atoms with E-state index in [1.165, 1.54) is 28.6 Å². The molecule has 138 valence electrons. The Balaban J connectivity index is 1.85. The number of hydrogen-bond acceptors (Lipinski definition) is 4. The van der Waals surface area contributed by atoms with Gasteiger partial charge < -0.3 is 0 Å². The Bertz CT molecular complexity index is 882. The fraction of sp³-hybridized carbons (Fsp3) is 0.333. The first kappa shape index (κ1) is 18.8. The van der Waals surface area contributed by atoms with Gasteiger partial charge >= 0.3 is 0 Å². The van der Waals surface area contributed by atoms with Gasteiger partial charge in [-0.3, -0.25) is 10.1 Å². The smallest absolute Gasteiger partial charge is 0.258 e. The van der Waals surface area contributed by atoms with Gasteiger partial charge in [-0.05, 0) is 48.6 Å². The Labute approximate surface area is 157 Å². The van der Waals surface area contributed by atoms with Crippen molar-refractivity contribution in [1.82, 2.24) is 4.31 Å². The predicted molar refractivity (Wildman–Crippen MR) is 99.9 cm³/mol. The molecule has 0 bridgehead atoms. The summed E-state index contributed by atoms with van der Waals surface area (Å²) in [5.41, 5.74) is 0.944. The number of nitro groups is 1. The van der Waals surface area contributed by atoms with Crippen LogP contribution in [-0.2, 0) is 10.0 Å². The van der Waals surface area contributed by atoms with Crippen LogP contribution < -0.4 is 0 Å². The molecule has 1 heterocycles. The number of nitrogens with zero attached hydrogens (tertiary/aromatic N) is 2. The van der Waals surface area contributed by atoms with E-state index in [2.05, 4.69) is 0 Å². The standard InChI is InChI=1S/C18H19ClN2O4S/c19-16-6-4-14(5-7-16)15-3-1-2-12-20(13-15)26(24,25)18-10-8-17(9-11-18)21(22)23/h4-11,15H,1-3,12-13H2. The number of nitro benzene ring substituents is 1. The van der Waals surface area contributed by atoms with Crippen LogP contribution >= 0.6 is 11.6 Å². The molecule has 1 saturated heterocycles. The molecule has 2 aromatic rings. The molecule has 0 aliphatic carbocycles. The molecule has 0 amide bonds. The average Bonchev–Trinajstić information content (AvgIpc) is 2.89. The summed E-state index contributed by atoms with van der Waals surface area (Å²) < 4.78 is 27.5. The second-order valence-corrected chi connectivity index (χ2v) is 8.73. The van der Waals surface area contributed by atoms with Crippen molar-refractivity contribution in [2.45, 2.75) is 30.1 Å². The molecule has 0 radical (unpaired) electrons. The Hall–Kier alpha value is -1.96. The summed E-state index contributed by atoms with van der Waals surface area (Å²) in [6.07, 6.45) is 2.64. The molecule has 26 heavy (non-hydrogen) atoms. The summed E-state index contributed by atoms with van der Waals surface area (Å²) in [6, 6.07) is 12.6. The number of halogens is 1. The van der Waals surface area contributed by atoms with Crippen molar-refractivity contribution in [3.63, 3.8) is 0 Å². The second kappa shape index (κ2) is 7.73. The van der Waals surface area contributed by atoms with E-state index in [9.17, 15) is 18.5 Å². The number of rotatable bonds is 4. The Kier molecular flexibility index (Phi) is 5.60. The number of non-ortho nitro benzene ring substituents is 1. The summed E-state index contributed by atoms with van der Waals surface area (Å²) >= 11 is 5.94. The molecule has 1 atom stereocenters. The second-order valence-electron chi connectivity index (χ2n) is 6.36. The lowest BCUT2D eigenvalue weighted by atomic mass is 9.95. The van der Waals surface area contributed by atoms with E-state index in [-0.39, 0.29) is 16.5 Å². The van der Waals surface area contributed by atoms with Gasteiger partial charge in [-0.25, -0.2) is 8.42 Å². The van der Waals surface area contributed by atoms with Gasteiger partial charge in [-0.15, -0.1) is 0 Å². The minimum Gasteiger partial charge on any atom is -0.258 e. The van der Waals surface area contributed by atoms with Crippen LogP contribution in [0.25, 0.3) is 0 Å². The van der Waals surface area contributed by atoms with Gasteiger partial charge in [0.1, 0.15) is 0 Å². The van der Waals surface area contributed by atoms with Crippen LogP contribution in [0.3, 0.4) is 0 Å². The fourth-order valence-electron chi connectivity index (χ4n) is 3.22. The molecule has 2 aromatic carbocycles. The topological polar surface area (TPSA) is 80.5 Å². The van der Waals surface area contributed by atoms with Crippen LogP contribution in [0.15, 0.2) is 53.4 Å². The summed E-state index contributed by atoms with van der Waals surface area (Å²) in [5.74, 6) is 0.0996. The van der Waals surface area contributed by atoms with E-state index >= 15 is 0 Å². The molecule has 1 aliphatic heterocycles.